The first-order chi connectivity index (χ1) is 13.2. The van der Waals surface area contributed by atoms with Crippen LogP contribution >= 0.6 is 0 Å². The summed E-state index contributed by atoms with van der Waals surface area (Å²) in [6, 6.07) is 10.4. The van der Waals surface area contributed by atoms with Crippen LogP contribution < -0.4 is 0 Å². The molecule has 0 spiro atoms. The highest BCUT2D eigenvalue weighted by molar-refractivity contribution is 5.70. The minimum atomic E-state index is -0.191. The van der Waals surface area contributed by atoms with Gasteiger partial charge in [-0.25, -0.2) is 9.37 Å². The summed E-state index contributed by atoms with van der Waals surface area (Å²) in [6.45, 7) is 15.7. The maximum atomic E-state index is 14.2. The number of allylic oxidation sites excluding steroid dienone is 5. The lowest BCUT2D eigenvalue weighted by atomic mass is 9.81. The quantitative estimate of drug-likeness (QED) is 0.525. The summed E-state index contributed by atoms with van der Waals surface area (Å²) in [5.74, 6) is 1.24. The summed E-state index contributed by atoms with van der Waals surface area (Å²) in [5.41, 5.74) is 3.07. The van der Waals surface area contributed by atoms with Gasteiger partial charge in [0.15, 0.2) is 0 Å². The van der Waals surface area contributed by atoms with Crippen molar-refractivity contribution in [3.8, 4) is 0 Å². The van der Waals surface area contributed by atoms with Crippen LogP contribution in [0.1, 0.15) is 57.6 Å². The minimum absolute atomic E-state index is 0.0670. The van der Waals surface area contributed by atoms with Crippen molar-refractivity contribution >= 4 is 5.57 Å². The van der Waals surface area contributed by atoms with Crippen LogP contribution in [0.5, 0.6) is 0 Å². The molecule has 0 fully saturated rings. The molecule has 2 nitrogen and oxygen atoms in total. The molecule has 1 heterocycles. The number of rotatable bonds is 5. The molecule has 2 aromatic rings. The first-order valence-electron chi connectivity index (χ1n) is 10.0. The van der Waals surface area contributed by atoms with E-state index < -0.39 is 0 Å². The number of imidazole rings is 1. The van der Waals surface area contributed by atoms with Gasteiger partial charge in [0.25, 0.3) is 0 Å². The smallest absolute Gasteiger partial charge is 0.119 e. The molecule has 3 rings (SSSR count). The summed E-state index contributed by atoms with van der Waals surface area (Å²) in [5, 5.41) is 0. The molecular weight excluding hydrogens is 347 g/mol. The van der Waals surface area contributed by atoms with Gasteiger partial charge in [-0.15, -0.1) is 6.58 Å². The number of halogens is 1. The van der Waals surface area contributed by atoms with Crippen molar-refractivity contribution in [1.82, 2.24) is 9.55 Å². The minimum Gasteiger partial charge on any atom is -0.330 e. The van der Waals surface area contributed by atoms with Gasteiger partial charge < -0.3 is 4.57 Å². The van der Waals surface area contributed by atoms with E-state index in [0.29, 0.717) is 0 Å². The van der Waals surface area contributed by atoms with Crippen LogP contribution in [-0.4, -0.2) is 9.55 Å². The number of aromatic nitrogens is 2. The van der Waals surface area contributed by atoms with E-state index in [1.807, 2.05) is 19.1 Å². The summed E-state index contributed by atoms with van der Waals surface area (Å²) < 4.78 is 16.4. The molecule has 0 bridgehead atoms. The molecule has 1 aliphatic carbocycles. The zero-order valence-electron chi connectivity index (χ0n) is 17.6. The second kappa shape index (κ2) is 7.90. The lowest BCUT2D eigenvalue weighted by Crippen LogP contribution is -2.20. The van der Waals surface area contributed by atoms with E-state index in [1.54, 1.807) is 12.2 Å². The van der Waals surface area contributed by atoms with E-state index in [2.05, 4.69) is 69.3 Å². The summed E-state index contributed by atoms with van der Waals surface area (Å²) in [7, 11) is 0. The van der Waals surface area contributed by atoms with Crippen molar-refractivity contribution in [2.24, 2.45) is 17.3 Å². The van der Waals surface area contributed by atoms with Crippen molar-refractivity contribution in [2.75, 3.05) is 0 Å². The topological polar surface area (TPSA) is 17.8 Å². The highest BCUT2D eigenvalue weighted by atomic mass is 19.1. The third kappa shape index (κ3) is 4.19. The fourth-order valence-corrected chi connectivity index (χ4v) is 3.73. The average molecular weight is 379 g/mol. The Labute approximate surface area is 168 Å². The maximum absolute atomic E-state index is 14.2. The summed E-state index contributed by atoms with van der Waals surface area (Å²) in [6.07, 6.45) is 7.27. The monoisotopic (exact) mass is 378 g/mol. The molecule has 2 unspecified atom stereocenters. The Hall–Kier alpha value is -2.42. The van der Waals surface area contributed by atoms with Crippen molar-refractivity contribution in [2.45, 2.75) is 47.1 Å². The van der Waals surface area contributed by atoms with Gasteiger partial charge in [0.2, 0.25) is 0 Å². The Morgan fingerprint density at radius 3 is 2.54 bits per heavy atom. The predicted molar refractivity (Wildman–Crippen MR) is 116 cm³/mol. The van der Waals surface area contributed by atoms with Crippen molar-refractivity contribution < 1.29 is 4.39 Å². The van der Waals surface area contributed by atoms with Gasteiger partial charge in [-0.05, 0) is 34.6 Å². The number of benzene rings is 1. The maximum Gasteiger partial charge on any atom is 0.119 e. The predicted octanol–water partition coefficient (Wildman–Crippen LogP) is 6.77. The van der Waals surface area contributed by atoms with Gasteiger partial charge in [-0.1, -0.05) is 71.0 Å². The summed E-state index contributed by atoms with van der Waals surface area (Å²) in [4.78, 5) is 5.02. The molecular formula is C25H31FN2. The molecule has 3 heteroatoms. The van der Waals surface area contributed by atoms with Gasteiger partial charge >= 0.3 is 0 Å². The molecule has 0 aliphatic heterocycles. The Bertz CT molecular complexity index is 896. The third-order valence-corrected chi connectivity index (χ3v) is 5.88. The van der Waals surface area contributed by atoms with Crippen LogP contribution in [0.3, 0.4) is 0 Å². The largest absolute Gasteiger partial charge is 0.330 e. The second-order valence-corrected chi connectivity index (χ2v) is 8.96. The average Bonchev–Trinajstić information content (AvgIpc) is 3.04. The first kappa shape index (κ1) is 20.3. The van der Waals surface area contributed by atoms with Crippen LogP contribution in [0.2, 0.25) is 0 Å². The van der Waals surface area contributed by atoms with E-state index in [-0.39, 0.29) is 29.0 Å². The van der Waals surface area contributed by atoms with Crippen LogP contribution in [0.15, 0.2) is 67.2 Å². The van der Waals surface area contributed by atoms with E-state index >= 15 is 0 Å². The molecule has 3 atom stereocenters. The van der Waals surface area contributed by atoms with Crippen LogP contribution in [0.25, 0.3) is 5.57 Å². The lowest BCUT2D eigenvalue weighted by molar-refractivity contribution is 0.321. The third-order valence-electron chi connectivity index (χ3n) is 5.88. The zero-order chi connectivity index (χ0) is 20.5. The Morgan fingerprint density at radius 1 is 1.25 bits per heavy atom. The van der Waals surface area contributed by atoms with E-state index in [4.69, 9.17) is 4.98 Å². The Balaban J connectivity index is 2.08. The summed E-state index contributed by atoms with van der Waals surface area (Å²) >= 11 is 0. The second-order valence-electron chi connectivity index (χ2n) is 8.96. The van der Waals surface area contributed by atoms with Crippen molar-refractivity contribution in [3.63, 3.8) is 0 Å². The molecule has 1 aromatic carbocycles. The van der Waals surface area contributed by atoms with Gasteiger partial charge in [-0.3, -0.25) is 0 Å². The number of hydrogen-bond donors (Lipinski definition) is 0. The molecule has 0 saturated heterocycles. The molecule has 28 heavy (non-hydrogen) atoms. The highest BCUT2D eigenvalue weighted by Gasteiger charge is 2.30. The van der Waals surface area contributed by atoms with Gasteiger partial charge in [-0.2, -0.15) is 0 Å². The van der Waals surface area contributed by atoms with Crippen LogP contribution in [-0.2, 0) is 6.54 Å². The SMILES string of the molecule is C=CC1C(c2cn(Cc3ccccc3)c([C@H](C)C(C)(C)C)n2)=CC(F)=CC1C. The molecule has 148 valence electrons. The van der Waals surface area contributed by atoms with Gasteiger partial charge in [0.1, 0.15) is 11.7 Å². The van der Waals surface area contributed by atoms with Gasteiger partial charge in [0.05, 0.1) is 5.69 Å². The number of hydrogen-bond acceptors (Lipinski definition) is 1. The van der Waals surface area contributed by atoms with Gasteiger partial charge in [0, 0.05) is 24.6 Å². The first-order valence-corrected chi connectivity index (χ1v) is 10.0. The standard InChI is InChI=1S/C25H31FN2/c1-7-21-17(2)13-20(26)14-22(21)23-16-28(15-19-11-9-8-10-12-19)24(27-23)18(3)25(4,5)6/h7-14,16-18,21H,1,15H2,2-6H3/t17?,18-,21?/m0/s1. The molecule has 1 aliphatic rings. The fourth-order valence-electron chi connectivity index (χ4n) is 3.73. The van der Waals surface area contributed by atoms with Crippen molar-refractivity contribution in [1.29, 1.82) is 0 Å². The van der Waals surface area contributed by atoms with Crippen molar-refractivity contribution in [3.05, 3.63) is 84.2 Å². The number of nitrogens with zero attached hydrogens (tertiary/aromatic N) is 2. The normalized spacial score (nSPS) is 21.1. The molecule has 0 saturated carbocycles. The fraction of sp³-hybridized carbons (Fsp3) is 0.400. The molecule has 1 aromatic heterocycles. The molecule has 0 amide bonds. The van der Waals surface area contributed by atoms with E-state index in [1.165, 1.54) is 5.56 Å². The molecule has 0 N–H and O–H groups in total. The Kier molecular flexibility index (Phi) is 5.74. The molecule has 0 radical (unpaired) electrons. The highest BCUT2D eigenvalue weighted by Crippen LogP contribution is 2.39. The van der Waals surface area contributed by atoms with E-state index in [9.17, 15) is 4.39 Å². The van der Waals surface area contributed by atoms with E-state index in [0.717, 1.165) is 23.6 Å². The lowest BCUT2D eigenvalue weighted by Gasteiger charge is -2.27. The van der Waals surface area contributed by atoms with Crippen LogP contribution in [0, 0.1) is 17.3 Å². The Morgan fingerprint density at radius 2 is 1.93 bits per heavy atom. The van der Waals surface area contributed by atoms with Crippen LogP contribution in [0.4, 0.5) is 4.39 Å². The zero-order valence-corrected chi connectivity index (χ0v) is 17.6.